The van der Waals surface area contributed by atoms with Gasteiger partial charge in [0.05, 0.1) is 0 Å². The first-order chi connectivity index (χ1) is 11.0. The van der Waals surface area contributed by atoms with Gasteiger partial charge < -0.3 is 15.5 Å². The van der Waals surface area contributed by atoms with Crippen LogP contribution in [0.3, 0.4) is 0 Å². The van der Waals surface area contributed by atoms with Gasteiger partial charge in [-0.15, -0.1) is 0 Å². The van der Waals surface area contributed by atoms with Crippen LogP contribution in [0.25, 0.3) is 0 Å². The van der Waals surface area contributed by atoms with E-state index in [0.717, 1.165) is 31.6 Å². The van der Waals surface area contributed by atoms with E-state index in [2.05, 4.69) is 18.7 Å². The zero-order valence-corrected chi connectivity index (χ0v) is 14.7. The number of piperidine rings is 1. The molecule has 2 N–H and O–H groups in total. The van der Waals surface area contributed by atoms with Crippen LogP contribution in [0.2, 0.25) is 0 Å². The molecule has 1 aliphatic rings. The van der Waals surface area contributed by atoms with Crippen LogP contribution in [0.4, 0.5) is 0 Å². The van der Waals surface area contributed by atoms with Crippen LogP contribution in [-0.2, 0) is 4.79 Å². The fourth-order valence-corrected chi connectivity index (χ4v) is 3.59. The smallest absolute Gasteiger partial charge is 0.222 e. The lowest BCUT2D eigenvalue weighted by molar-refractivity contribution is -0.134. The van der Waals surface area contributed by atoms with Crippen molar-refractivity contribution in [2.45, 2.75) is 45.2 Å². The fourth-order valence-electron chi connectivity index (χ4n) is 3.59. The monoisotopic (exact) mass is 317 g/mol. The number of amides is 1. The molecule has 1 amide bonds. The van der Waals surface area contributed by atoms with E-state index in [-0.39, 0.29) is 11.9 Å². The van der Waals surface area contributed by atoms with Gasteiger partial charge in [0, 0.05) is 38.6 Å². The Morgan fingerprint density at radius 3 is 2.70 bits per heavy atom. The lowest BCUT2D eigenvalue weighted by Gasteiger charge is -2.41. The number of carbonyl (C=O) groups excluding carboxylic acids is 1. The van der Waals surface area contributed by atoms with Gasteiger partial charge in [0.1, 0.15) is 0 Å². The molecule has 0 saturated carbocycles. The highest BCUT2D eigenvalue weighted by Gasteiger charge is 2.30. The third kappa shape index (κ3) is 4.79. The van der Waals surface area contributed by atoms with Crippen LogP contribution in [0.1, 0.15) is 44.7 Å². The number of nitrogens with two attached hydrogens (primary N) is 1. The standard InChI is InChI=1S/C19H31N3O/c1-4-22-13-12-18(15(2)14-22)21(3)19(23)11-10-17(20)16-8-6-5-7-9-16/h5-9,15,17-18H,4,10-14,20H2,1-3H3/t15-,17+,18+/m1/s1. The third-order valence-electron chi connectivity index (χ3n) is 5.18. The van der Waals surface area contributed by atoms with Gasteiger partial charge in [-0.3, -0.25) is 4.79 Å². The van der Waals surface area contributed by atoms with Crippen molar-refractivity contribution in [2.75, 3.05) is 26.7 Å². The lowest BCUT2D eigenvalue weighted by Crippen LogP contribution is -2.50. The topological polar surface area (TPSA) is 49.6 Å². The van der Waals surface area contributed by atoms with Crippen LogP contribution < -0.4 is 5.73 Å². The van der Waals surface area contributed by atoms with Gasteiger partial charge in [-0.2, -0.15) is 0 Å². The van der Waals surface area contributed by atoms with E-state index in [4.69, 9.17) is 5.73 Å². The van der Waals surface area contributed by atoms with Crippen molar-refractivity contribution in [3.8, 4) is 0 Å². The van der Waals surface area contributed by atoms with Crippen molar-refractivity contribution < 1.29 is 4.79 Å². The Hall–Kier alpha value is -1.39. The average molecular weight is 317 g/mol. The predicted molar refractivity (Wildman–Crippen MR) is 95.1 cm³/mol. The zero-order chi connectivity index (χ0) is 16.8. The second-order valence-corrected chi connectivity index (χ2v) is 6.79. The SMILES string of the molecule is CCN1CC[C@H](N(C)C(=O)CC[C@H](N)c2ccccc2)[C@H](C)C1. The summed E-state index contributed by atoms with van der Waals surface area (Å²) in [5.74, 6) is 0.749. The molecule has 1 aromatic rings. The molecule has 23 heavy (non-hydrogen) atoms. The molecular weight excluding hydrogens is 286 g/mol. The molecule has 0 aromatic heterocycles. The maximum absolute atomic E-state index is 12.5. The Labute approximate surface area is 140 Å². The Bertz CT molecular complexity index is 491. The van der Waals surface area contributed by atoms with E-state index >= 15 is 0 Å². The highest BCUT2D eigenvalue weighted by molar-refractivity contribution is 5.76. The molecule has 128 valence electrons. The zero-order valence-electron chi connectivity index (χ0n) is 14.7. The van der Waals surface area contributed by atoms with Crippen LogP contribution in [-0.4, -0.2) is 48.4 Å². The third-order valence-corrected chi connectivity index (χ3v) is 5.18. The lowest BCUT2D eigenvalue weighted by atomic mass is 9.92. The molecule has 1 heterocycles. The Morgan fingerprint density at radius 2 is 2.09 bits per heavy atom. The molecule has 4 nitrogen and oxygen atoms in total. The second kappa shape index (κ2) is 8.46. The summed E-state index contributed by atoms with van der Waals surface area (Å²) in [6, 6.07) is 10.3. The van der Waals surface area contributed by atoms with Gasteiger partial charge in [-0.1, -0.05) is 44.2 Å². The van der Waals surface area contributed by atoms with Crippen molar-refractivity contribution >= 4 is 5.91 Å². The van der Waals surface area contributed by atoms with E-state index in [9.17, 15) is 4.79 Å². The maximum Gasteiger partial charge on any atom is 0.222 e. The Kier molecular flexibility index (Phi) is 6.60. The minimum Gasteiger partial charge on any atom is -0.342 e. The molecule has 1 fully saturated rings. The Morgan fingerprint density at radius 1 is 1.39 bits per heavy atom. The molecule has 0 bridgehead atoms. The molecule has 1 aliphatic heterocycles. The van der Waals surface area contributed by atoms with Gasteiger partial charge in [0.15, 0.2) is 0 Å². The van der Waals surface area contributed by atoms with Gasteiger partial charge in [0.25, 0.3) is 0 Å². The molecule has 3 atom stereocenters. The van der Waals surface area contributed by atoms with E-state index in [1.54, 1.807) is 0 Å². The van der Waals surface area contributed by atoms with Crippen molar-refractivity contribution in [1.82, 2.24) is 9.80 Å². The first-order valence-corrected chi connectivity index (χ1v) is 8.81. The number of benzene rings is 1. The predicted octanol–water partition coefficient (Wildman–Crippen LogP) is 2.66. The highest BCUT2D eigenvalue weighted by Crippen LogP contribution is 2.23. The maximum atomic E-state index is 12.5. The molecule has 0 spiro atoms. The largest absolute Gasteiger partial charge is 0.342 e. The van der Waals surface area contributed by atoms with Crippen LogP contribution in [0.5, 0.6) is 0 Å². The summed E-state index contributed by atoms with van der Waals surface area (Å²) in [7, 11) is 1.96. The number of likely N-dealkylation sites (tertiary alicyclic amines) is 1. The molecule has 1 aromatic carbocycles. The van der Waals surface area contributed by atoms with Crippen molar-refractivity contribution in [2.24, 2.45) is 11.7 Å². The van der Waals surface area contributed by atoms with Crippen molar-refractivity contribution in [3.05, 3.63) is 35.9 Å². The van der Waals surface area contributed by atoms with Crippen molar-refractivity contribution in [3.63, 3.8) is 0 Å². The van der Waals surface area contributed by atoms with Gasteiger partial charge in [0.2, 0.25) is 5.91 Å². The summed E-state index contributed by atoms with van der Waals surface area (Å²) in [6.45, 7) is 7.73. The molecule has 0 aliphatic carbocycles. The normalized spacial score (nSPS) is 23.5. The number of carbonyl (C=O) groups is 1. The van der Waals surface area contributed by atoms with Crippen LogP contribution in [0.15, 0.2) is 30.3 Å². The first-order valence-electron chi connectivity index (χ1n) is 8.81. The second-order valence-electron chi connectivity index (χ2n) is 6.79. The van der Waals surface area contributed by atoms with Crippen LogP contribution >= 0.6 is 0 Å². The number of nitrogens with zero attached hydrogens (tertiary/aromatic N) is 2. The fraction of sp³-hybridized carbons (Fsp3) is 0.632. The first kappa shape index (κ1) is 18.0. The van der Waals surface area contributed by atoms with Crippen molar-refractivity contribution in [1.29, 1.82) is 0 Å². The molecule has 4 heteroatoms. The average Bonchev–Trinajstić information content (AvgIpc) is 2.59. The molecule has 0 unspecified atom stereocenters. The number of rotatable bonds is 6. The summed E-state index contributed by atoms with van der Waals surface area (Å²) in [5.41, 5.74) is 7.31. The summed E-state index contributed by atoms with van der Waals surface area (Å²) in [6.07, 6.45) is 2.30. The summed E-state index contributed by atoms with van der Waals surface area (Å²) >= 11 is 0. The Balaban J connectivity index is 1.83. The number of hydrogen-bond acceptors (Lipinski definition) is 3. The minimum atomic E-state index is -0.0621. The number of hydrogen-bond donors (Lipinski definition) is 1. The molecular formula is C19H31N3O. The van der Waals surface area contributed by atoms with E-state index in [1.165, 1.54) is 0 Å². The van der Waals surface area contributed by atoms with Gasteiger partial charge in [-0.05, 0) is 30.9 Å². The summed E-state index contributed by atoms with van der Waals surface area (Å²) < 4.78 is 0. The van der Waals surface area contributed by atoms with Gasteiger partial charge in [-0.25, -0.2) is 0 Å². The highest BCUT2D eigenvalue weighted by atomic mass is 16.2. The molecule has 1 saturated heterocycles. The summed E-state index contributed by atoms with van der Waals surface area (Å²) in [5, 5.41) is 0. The van der Waals surface area contributed by atoms with Gasteiger partial charge >= 0.3 is 0 Å². The minimum absolute atomic E-state index is 0.0621. The molecule has 0 radical (unpaired) electrons. The van der Waals surface area contributed by atoms with E-state index < -0.39 is 0 Å². The van der Waals surface area contributed by atoms with E-state index in [0.29, 0.717) is 24.8 Å². The molecule has 2 rings (SSSR count). The van der Waals surface area contributed by atoms with E-state index in [1.807, 2.05) is 42.3 Å². The summed E-state index contributed by atoms with van der Waals surface area (Å²) in [4.78, 5) is 17.0. The van der Waals surface area contributed by atoms with Crippen LogP contribution in [0, 0.1) is 5.92 Å². The quantitative estimate of drug-likeness (QED) is 0.877.